The number of halogens is 3. The zero-order chi connectivity index (χ0) is 86.1. The van der Waals surface area contributed by atoms with Gasteiger partial charge in [0.2, 0.25) is 17.7 Å². The Bertz CT molecular complexity index is 5800. The van der Waals surface area contributed by atoms with E-state index in [2.05, 4.69) is 125 Å². The van der Waals surface area contributed by atoms with Gasteiger partial charge in [-0.25, -0.2) is 19.0 Å². The van der Waals surface area contributed by atoms with Crippen LogP contribution >= 0.6 is 0 Å². The number of phenols is 1. The average Bonchev–Trinajstić information content (AvgIpc) is 1.42. The molecule has 0 fully saturated rings. The Balaban J connectivity index is 0.000000160. The number of pyridine rings is 3. The van der Waals surface area contributed by atoms with Crippen molar-refractivity contribution in [1.29, 1.82) is 0 Å². The number of aromatic hydroxyl groups is 1. The van der Waals surface area contributed by atoms with Gasteiger partial charge in [-0.3, -0.25) is 39.6 Å². The second-order valence-corrected chi connectivity index (χ2v) is 44.0. The number of aromatic nitrogens is 7. The number of benzene rings is 7. The van der Waals surface area contributed by atoms with Crippen LogP contribution in [0, 0.1) is 17.5 Å². The van der Waals surface area contributed by atoms with E-state index in [9.17, 15) is 37.5 Å². The van der Waals surface area contributed by atoms with Crippen LogP contribution in [-0.2, 0) is 69.5 Å². The minimum Gasteiger partial charge on any atom is -0.541 e. The van der Waals surface area contributed by atoms with Crippen molar-refractivity contribution < 1.29 is 59.9 Å². The number of carbonyl (C=O) groups is 4. The molecule has 3 aliphatic heterocycles. The molecule has 0 saturated carbocycles. The molecule has 7 aromatic carbocycles. The number of nitrogen functional groups attached to an aromatic ring is 1. The molecule has 0 atom stereocenters. The van der Waals surface area contributed by atoms with Crippen molar-refractivity contribution in [2.45, 2.75) is 181 Å². The molecular formula is C91H103F3N14O10Si2. The third-order valence-electron chi connectivity index (χ3n) is 23.7. The van der Waals surface area contributed by atoms with Gasteiger partial charge in [0.15, 0.2) is 5.75 Å². The minimum absolute atomic E-state index is 0.0134. The molecule has 5 aromatic heterocycles. The topological polar surface area (TPSA) is 319 Å². The van der Waals surface area contributed by atoms with Crippen LogP contribution in [0.1, 0.15) is 198 Å². The van der Waals surface area contributed by atoms with Gasteiger partial charge in [-0.15, -0.1) is 10.2 Å². The number of ether oxygens (including phenoxy) is 1. The molecule has 0 spiro atoms. The Morgan fingerprint density at radius 1 is 0.483 bits per heavy atom. The van der Waals surface area contributed by atoms with E-state index in [1.54, 1.807) is 79.8 Å². The summed E-state index contributed by atoms with van der Waals surface area (Å²) in [5.74, 6) is 6.27. The number of carbonyl (C=O) groups excluding carboxylic acids is 4. The van der Waals surface area contributed by atoms with Crippen molar-refractivity contribution in [2.75, 3.05) is 39.3 Å². The van der Waals surface area contributed by atoms with Gasteiger partial charge in [-0.05, 0) is 192 Å². The lowest BCUT2D eigenvalue weighted by Crippen LogP contribution is -2.51. The van der Waals surface area contributed by atoms with Crippen LogP contribution in [0.15, 0.2) is 143 Å². The van der Waals surface area contributed by atoms with Crippen LogP contribution in [0.25, 0.3) is 32.7 Å². The standard InChI is InChI=1S/C39H46FN5O4Si.C30H39FN4O3Si.C22H18FN5O3/c1-23(2)50(24(3)4,25(5)6)49-37-35-33(22-45(7)38(35)46)31(32-18-28(21-41-36(32)37)17-26-9-13-29(40)14-10-26)19-34-43-44-39(48-34)42-20-27-11-15-30(47-8)16-12-27;1-17(2)39(18(3)4,19(5)6)38-29-27-25(16-35(7)30(27)37)23(14-26(36)34-32)24-13-21(15-33-28(24)29)12-20-8-10-22(31)11-9-20;1-28-10-16-14(8-17-26-27-22(24)31-17)15-7-12(6-11-2-4-13(23)5-3-11)9-25-19(15)20(29)18(16)21(28)30/h9-16,18,21,23-25H,17,19-20,22H2,1-8H3,(H,42,44);8-11,13,15,17-19H,12,14,16,32H2,1-7H3,(H,34,36);2-5,7,9,29H,6,8,10H2,1H3,(H2,24,27). The van der Waals surface area contributed by atoms with Crippen molar-refractivity contribution in [1.82, 2.24) is 55.5 Å². The summed E-state index contributed by atoms with van der Waals surface area (Å²) in [5, 5.41) is 32.7. The van der Waals surface area contributed by atoms with Crippen molar-refractivity contribution in [3.05, 3.63) is 252 Å². The number of hydrogen-bond acceptors (Lipinski definition) is 20. The number of hydrazine groups is 1. The first-order valence-corrected chi connectivity index (χ1v) is 44.7. The average molecular weight is 1670 g/mol. The molecule has 0 bridgehead atoms. The molecular weight excluding hydrogens is 1560 g/mol. The number of phenolic OH excluding ortho intramolecular Hbond substituents is 1. The van der Waals surface area contributed by atoms with Crippen molar-refractivity contribution in [3.8, 4) is 23.0 Å². The molecule has 15 rings (SSSR count). The summed E-state index contributed by atoms with van der Waals surface area (Å²) in [6.07, 6.45) is 7.48. The summed E-state index contributed by atoms with van der Waals surface area (Å²) in [7, 11) is 1.94. The van der Waals surface area contributed by atoms with Crippen LogP contribution in [0.3, 0.4) is 0 Å². The van der Waals surface area contributed by atoms with Gasteiger partial charge in [0.1, 0.15) is 51.3 Å². The Morgan fingerprint density at radius 2 is 0.842 bits per heavy atom. The fourth-order valence-electron chi connectivity index (χ4n) is 18.0. The summed E-state index contributed by atoms with van der Waals surface area (Å²) in [5.41, 5.74) is 23.8. The first-order chi connectivity index (χ1) is 57.2. The highest BCUT2D eigenvalue weighted by Crippen LogP contribution is 2.51. The highest BCUT2D eigenvalue weighted by Gasteiger charge is 2.51. The summed E-state index contributed by atoms with van der Waals surface area (Å²) < 4.78 is 71.7. The zero-order valence-corrected chi connectivity index (χ0v) is 72.6. The van der Waals surface area contributed by atoms with E-state index < -0.39 is 16.6 Å². The molecule has 29 heteroatoms. The summed E-state index contributed by atoms with van der Waals surface area (Å²) in [6.45, 7) is 28.3. The number of nitrogens with two attached hydrogens (primary N) is 2. The molecule has 3 aliphatic rings. The maximum Gasteiger partial charge on any atom is 0.315 e. The molecule has 12 aromatic rings. The van der Waals surface area contributed by atoms with Gasteiger partial charge in [0, 0.05) is 82.1 Å². The molecule has 0 aliphatic carbocycles. The lowest BCUT2D eigenvalue weighted by atomic mass is 9.93. The van der Waals surface area contributed by atoms with E-state index in [0.717, 1.165) is 83.3 Å². The van der Waals surface area contributed by atoms with Crippen LogP contribution in [0.4, 0.5) is 25.2 Å². The fourth-order valence-corrected chi connectivity index (χ4v) is 28.5. The molecule has 0 saturated heterocycles. The van der Waals surface area contributed by atoms with Gasteiger partial charge in [0.05, 0.1) is 43.1 Å². The third kappa shape index (κ3) is 17.3. The van der Waals surface area contributed by atoms with Crippen molar-refractivity contribution >= 4 is 85.0 Å². The molecule has 8 heterocycles. The molecule has 120 heavy (non-hydrogen) atoms. The number of amides is 4. The lowest BCUT2D eigenvalue weighted by Gasteiger charge is -2.42. The molecule has 4 amide bonds. The van der Waals surface area contributed by atoms with Gasteiger partial charge in [-0.1, -0.05) is 142 Å². The predicted octanol–water partition coefficient (Wildman–Crippen LogP) is 17.1. The molecule has 24 nitrogen and oxygen atoms in total. The fraction of sp³-hybridized carbons (Fsp3) is 0.352. The predicted molar refractivity (Wildman–Crippen MR) is 460 cm³/mol. The largest absolute Gasteiger partial charge is 0.541 e. The van der Waals surface area contributed by atoms with E-state index in [4.69, 9.17) is 44.0 Å². The highest BCUT2D eigenvalue weighted by molar-refractivity contribution is 6.79. The van der Waals surface area contributed by atoms with Gasteiger partial charge < -0.3 is 53.3 Å². The Morgan fingerprint density at radius 3 is 1.23 bits per heavy atom. The number of anilines is 2. The van der Waals surface area contributed by atoms with Gasteiger partial charge in [0.25, 0.3) is 34.4 Å². The Kier molecular flexibility index (Phi) is 25.3. The van der Waals surface area contributed by atoms with E-state index in [1.807, 2.05) is 49.6 Å². The van der Waals surface area contributed by atoms with Crippen LogP contribution in [0.2, 0.25) is 33.2 Å². The van der Waals surface area contributed by atoms with E-state index in [1.165, 1.54) is 41.3 Å². The molecule has 626 valence electrons. The molecule has 0 radical (unpaired) electrons. The van der Waals surface area contributed by atoms with Gasteiger partial charge in [-0.2, -0.15) is 0 Å². The zero-order valence-electron chi connectivity index (χ0n) is 70.6. The second kappa shape index (κ2) is 35.5. The van der Waals surface area contributed by atoms with Crippen molar-refractivity contribution in [2.24, 2.45) is 5.84 Å². The van der Waals surface area contributed by atoms with Crippen molar-refractivity contribution in [3.63, 3.8) is 0 Å². The van der Waals surface area contributed by atoms with E-state index in [0.29, 0.717) is 136 Å². The highest BCUT2D eigenvalue weighted by atomic mass is 28.4. The summed E-state index contributed by atoms with van der Waals surface area (Å²) in [6, 6.07) is 33.2. The van der Waals surface area contributed by atoms with Crippen LogP contribution in [-0.4, -0.2) is 124 Å². The quantitative estimate of drug-likeness (QED) is 0.0146. The normalized spacial score (nSPS) is 13.3. The van der Waals surface area contributed by atoms with Gasteiger partial charge >= 0.3 is 12.0 Å². The molecule has 0 unspecified atom stereocenters. The maximum absolute atomic E-state index is 14.0. The van der Waals surface area contributed by atoms with Crippen LogP contribution < -0.4 is 35.9 Å². The number of methoxy groups -OCH3 is 1. The van der Waals surface area contributed by atoms with E-state index in [-0.39, 0.29) is 87.9 Å². The second-order valence-electron chi connectivity index (χ2n) is 33.3. The smallest absolute Gasteiger partial charge is 0.315 e. The first kappa shape index (κ1) is 85.8. The SMILES string of the molecule is CC(C)[Si](Oc1c2c(c(CC(=O)NN)c3cc(Cc4ccc(F)cc4)cnc13)CN(C)C2=O)(C(C)C)C(C)C.CN1Cc2c(c(O)c3ncc(Cc4ccc(F)cc4)cc3c2Cc2nnc(N)o2)C1=O.COc1ccc(CNc2nnc(Cc3c4c(c(O[Si](C(C)C)(C(C)C)C(C)C)c5ncc(Cc6ccc(F)cc6)cc35)C(=O)N(C)C4)o2)cc1. The lowest BCUT2D eigenvalue weighted by molar-refractivity contribution is -0.120. The van der Waals surface area contributed by atoms with Crippen LogP contribution in [0.5, 0.6) is 23.0 Å². The Hall–Kier alpha value is -12.1. The summed E-state index contributed by atoms with van der Waals surface area (Å²) >= 11 is 0. The number of fused-ring (bicyclic) bond motifs is 6. The first-order valence-electron chi connectivity index (χ1n) is 40.4. The summed E-state index contributed by atoms with van der Waals surface area (Å²) in [4.78, 5) is 72.1. The monoisotopic (exact) mass is 1660 g/mol. The minimum atomic E-state index is -2.49. The van der Waals surface area contributed by atoms with E-state index >= 15 is 0 Å². The Labute approximate surface area is 697 Å². The third-order valence-corrected chi connectivity index (χ3v) is 35.6. The number of hydrogen-bond donors (Lipinski definition) is 5. The number of nitrogens with zero attached hydrogens (tertiary/aromatic N) is 10. The number of rotatable bonds is 26. The molecule has 7 N–H and O–H groups in total. The maximum atomic E-state index is 14.0. The number of nitrogens with one attached hydrogen (secondary N) is 2.